The molecule has 0 saturated carbocycles. The van der Waals surface area contributed by atoms with E-state index in [9.17, 15) is 4.79 Å². The zero-order chi connectivity index (χ0) is 14.7. The highest BCUT2D eigenvalue weighted by atomic mass is 32.1. The van der Waals surface area contributed by atoms with E-state index in [-0.39, 0.29) is 18.1 Å². The van der Waals surface area contributed by atoms with Crippen LogP contribution in [0.2, 0.25) is 0 Å². The number of amides is 2. The van der Waals surface area contributed by atoms with Crippen molar-refractivity contribution >= 4 is 23.2 Å². The highest BCUT2D eigenvalue weighted by Gasteiger charge is 2.18. The maximum atomic E-state index is 12.2. The number of hydrogen-bond acceptors (Lipinski definition) is 3. The summed E-state index contributed by atoms with van der Waals surface area (Å²) in [6.07, 6.45) is 1.86. The molecule has 0 spiro atoms. The summed E-state index contributed by atoms with van der Waals surface area (Å²) < 4.78 is 1.82. The number of nitrogens with zero attached hydrogens (tertiary/aromatic N) is 3. The molecule has 1 N–H and O–H groups in total. The Morgan fingerprint density at radius 2 is 2.15 bits per heavy atom. The molecule has 5 nitrogen and oxygen atoms in total. The predicted molar refractivity (Wildman–Crippen MR) is 82.1 cm³/mol. The average molecular weight is 292 g/mol. The van der Waals surface area contributed by atoms with Crippen LogP contribution >= 0.6 is 11.3 Å². The van der Waals surface area contributed by atoms with Crippen LogP contribution in [0.3, 0.4) is 0 Å². The molecule has 2 aromatic rings. The third kappa shape index (κ3) is 3.19. The quantitative estimate of drug-likeness (QED) is 0.933. The molecule has 2 aromatic heterocycles. The van der Waals surface area contributed by atoms with Crippen LogP contribution in [0.25, 0.3) is 0 Å². The molecule has 20 heavy (non-hydrogen) atoms. The number of carbonyl (C=O) groups is 1. The maximum Gasteiger partial charge on any atom is 0.323 e. The van der Waals surface area contributed by atoms with Crippen molar-refractivity contribution in [3.05, 3.63) is 34.7 Å². The van der Waals surface area contributed by atoms with Gasteiger partial charge in [0.2, 0.25) is 0 Å². The second kappa shape index (κ2) is 6.09. The number of urea groups is 1. The van der Waals surface area contributed by atoms with Crippen LogP contribution in [0.4, 0.5) is 10.6 Å². The highest BCUT2D eigenvalue weighted by Crippen LogP contribution is 2.23. The van der Waals surface area contributed by atoms with E-state index in [0.717, 1.165) is 4.88 Å². The standard InChI is InChI=1S/C14H20N4OS/c1-10(2)18-8-7-13(16-18)15-14(19)17(4)11(3)12-6-5-9-20-12/h5-11H,1-4H3,(H,15,16,19). The SMILES string of the molecule is CC(c1cccs1)N(C)C(=O)Nc1ccn(C(C)C)n1. The predicted octanol–water partition coefficient (Wildman–Crippen LogP) is 3.75. The molecule has 2 heterocycles. The molecule has 0 fully saturated rings. The molecule has 6 heteroatoms. The Balaban J connectivity index is 2.00. The molecular weight excluding hydrogens is 272 g/mol. The molecule has 0 radical (unpaired) electrons. The van der Waals surface area contributed by atoms with Crippen molar-refractivity contribution in [2.75, 3.05) is 12.4 Å². The van der Waals surface area contributed by atoms with Gasteiger partial charge < -0.3 is 4.90 Å². The number of thiophene rings is 1. The minimum absolute atomic E-state index is 0.0437. The smallest absolute Gasteiger partial charge is 0.320 e. The lowest BCUT2D eigenvalue weighted by molar-refractivity contribution is 0.209. The van der Waals surface area contributed by atoms with Gasteiger partial charge in [-0.15, -0.1) is 11.3 Å². The first-order chi connectivity index (χ1) is 9.49. The Labute approximate surface area is 123 Å². The average Bonchev–Trinajstić information content (AvgIpc) is 3.07. The normalized spacial score (nSPS) is 12.4. The van der Waals surface area contributed by atoms with Crippen molar-refractivity contribution in [1.82, 2.24) is 14.7 Å². The van der Waals surface area contributed by atoms with E-state index in [1.807, 2.05) is 55.2 Å². The van der Waals surface area contributed by atoms with Crippen molar-refractivity contribution in [3.8, 4) is 0 Å². The lowest BCUT2D eigenvalue weighted by atomic mass is 10.2. The minimum Gasteiger partial charge on any atom is -0.320 e. The summed E-state index contributed by atoms with van der Waals surface area (Å²) in [5.41, 5.74) is 0. The summed E-state index contributed by atoms with van der Waals surface area (Å²) in [7, 11) is 1.79. The highest BCUT2D eigenvalue weighted by molar-refractivity contribution is 7.10. The third-order valence-corrected chi connectivity index (χ3v) is 4.27. The fourth-order valence-corrected chi connectivity index (χ4v) is 2.61. The molecular formula is C14H20N4OS. The van der Waals surface area contributed by atoms with Crippen molar-refractivity contribution in [2.45, 2.75) is 32.9 Å². The zero-order valence-corrected chi connectivity index (χ0v) is 13.0. The third-order valence-electron chi connectivity index (χ3n) is 3.23. The zero-order valence-electron chi connectivity index (χ0n) is 12.2. The van der Waals surface area contributed by atoms with Crippen molar-refractivity contribution in [3.63, 3.8) is 0 Å². The van der Waals surface area contributed by atoms with Crippen molar-refractivity contribution in [2.24, 2.45) is 0 Å². The minimum atomic E-state index is -0.153. The first-order valence-corrected chi connectivity index (χ1v) is 7.49. The van der Waals surface area contributed by atoms with Crippen LogP contribution in [0.1, 0.15) is 37.7 Å². The van der Waals surface area contributed by atoms with E-state index >= 15 is 0 Å². The summed E-state index contributed by atoms with van der Waals surface area (Å²) in [6, 6.07) is 6.01. The number of nitrogens with one attached hydrogen (secondary N) is 1. The van der Waals surface area contributed by atoms with Gasteiger partial charge in [-0.3, -0.25) is 10.00 Å². The van der Waals surface area contributed by atoms with Gasteiger partial charge in [0.15, 0.2) is 5.82 Å². The Hall–Kier alpha value is -1.82. The Kier molecular flexibility index (Phi) is 4.44. The maximum absolute atomic E-state index is 12.2. The molecule has 2 amide bonds. The summed E-state index contributed by atoms with van der Waals surface area (Å²) in [5, 5.41) is 9.15. The molecule has 0 aliphatic rings. The van der Waals surface area contributed by atoms with Crippen molar-refractivity contribution < 1.29 is 4.79 Å². The Bertz CT molecular complexity index is 562. The first-order valence-electron chi connectivity index (χ1n) is 6.61. The van der Waals surface area contributed by atoms with Gasteiger partial charge in [-0.05, 0) is 32.2 Å². The Morgan fingerprint density at radius 1 is 1.40 bits per heavy atom. The van der Waals surface area contributed by atoms with E-state index in [1.165, 1.54) is 0 Å². The summed E-state index contributed by atoms with van der Waals surface area (Å²) in [5.74, 6) is 0.578. The van der Waals surface area contributed by atoms with Crippen molar-refractivity contribution in [1.29, 1.82) is 0 Å². The number of rotatable bonds is 4. The number of hydrogen-bond donors (Lipinski definition) is 1. The van der Waals surface area contributed by atoms with E-state index in [1.54, 1.807) is 23.3 Å². The van der Waals surface area contributed by atoms with Gasteiger partial charge >= 0.3 is 6.03 Å². The fourth-order valence-electron chi connectivity index (χ4n) is 1.79. The monoisotopic (exact) mass is 292 g/mol. The lowest BCUT2D eigenvalue weighted by Gasteiger charge is -2.23. The van der Waals surface area contributed by atoms with Gasteiger partial charge in [0, 0.05) is 30.2 Å². The molecule has 0 aliphatic heterocycles. The second-order valence-corrected chi connectivity index (χ2v) is 5.99. The summed E-state index contributed by atoms with van der Waals surface area (Å²) in [6.45, 7) is 6.10. The molecule has 1 atom stereocenters. The van der Waals surface area contributed by atoms with Crippen LogP contribution in [0.5, 0.6) is 0 Å². The largest absolute Gasteiger partial charge is 0.323 e. The molecule has 1 unspecified atom stereocenters. The van der Waals surface area contributed by atoms with Gasteiger partial charge in [-0.25, -0.2) is 4.79 Å². The molecule has 0 saturated heterocycles. The summed E-state index contributed by atoms with van der Waals surface area (Å²) >= 11 is 1.65. The molecule has 108 valence electrons. The van der Waals surface area contributed by atoms with Crippen LogP contribution in [0, 0.1) is 0 Å². The number of aromatic nitrogens is 2. The van der Waals surface area contributed by atoms with Crippen LogP contribution in [-0.2, 0) is 0 Å². The number of carbonyl (C=O) groups excluding carboxylic acids is 1. The van der Waals surface area contributed by atoms with E-state index in [2.05, 4.69) is 10.4 Å². The topological polar surface area (TPSA) is 50.2 Å². The van der Waals surface area contributed by atoms with Gasteiger partial charge in [-0.1, -0.05) is 6.07 Å². The molecule has 2 rings (SSSR count). The van der Waals surface area contributed by atoms with Crippen LogP contribution < -0.4 is 5.32 Å². The number of anilines is 1. The van der Waals surface area contributed by atoms with E-state index < -0.39 is 0 Å². The fraction of sp³-hybridized carbons (Fsp3) is 0.429. The molecule has 0 aromatic carbocycles. The van der Waals surface area contributed by atoms with Crippen LogP contribution in [-0.4, -0.2) is 27.8 Å². The van der Waals surface area contributed by atoms with Crippen LogP contribution in [0.15, 0.2) is 29.8 Å². The second-order valence-electron chi connectivity index (χ2n) is 5.01. The van der Waals surface area contributed by atoms with Gasteiger partial charge in [0.25, 0.3) is 0 Å². The lowest BCUT2D eigenvalue weighted by Crippen LogP contribution is -2.33. The molecule has 0 bridgehead atoms. The first kappa shape index (κ1) is 14.6. The van der Waals surface area contributed by atoms with Gasteiger partial charge in [0.1, 0.15) is 0 Å². The summed E-state index contributed by atoms with van der Waals surface area (Å²) in [4.78, 5) is 15.0. The van der Waals surface area contributed by atoms with Gasteiger partial charge in [-0.2, -0.15) is 5.10 Å². The van der Waals surface area contributed by atoms with Gasteiger partial charge in [0.05, 0.1) is 6.04 Å². The van der Waals surface area contributed by atoms with E-state index in [4.69, 9.17) is 0 Å². The van der Waals surface area contributed by atoms with E-state index in [0.29, 0.717) is 5.82 Å². The Morgan fingerprint density at radius 3 is 2.70 bits per heavy atom. The molecule has 0 aliphatic carbocycles.